The van der Waals surface area contributed by atoms with Crippen molar-refractivity contribution < 1.29 is 0 Å². The molecule has 0 aliphatic rings. The van der Waals surface area contributed by atoms with E-state index in [1.54, 1.807) is 6.07 Å². The van der Waals surface area contributed by atoms with E-state index < -0.39 is 0 Å². The van der Waals surface area contributed by atoms with Gasteiger partial charge in [-0.3, -0.25) is 0 Å². The molecule has 1 heterocycles. The molecule has 0 unspecified atom stereocenters. The second-order valence-electron chi connectivity index (χ2n) is 3.90. The summed E-state index contributed by atoms with van der Waals surface area (Å²) in [6, 6.07) is 9.68. The van der Waals surface area contributed by atoms with Crippen LogP contribution in [0.5, 0.6) is 0 Å². The van der Waals surface area contributed by atoms with Crippen molar-refractivity contribution in [2.45, 2.75) is 13.0 Å². The van der Waals surface area contributed by atoms with E-state index in [2.05, 4.69) is 10.6 Å². The highest BCUT2D eigenvalue weighted by molar-refractivity contribution is 6.35. The lowest BCUT2D eigenvalue weighted by Gasteiger charge is -2.10. The van der Waals surface area contributed by atoms with Gasteiger partial charge in [-0.05, 0) is 42.8 Å². The third kappa shape index (κ3) is 3.03. The molecule has 0 aliphatic heterocycles. The number of nitrogens with zero attached hydrogens (tertiary/aromatic N) is 1. The van der Waals surface area contributed by atoms with E-state index in [9.17, 15) is 0 Å². The second kappa shape index (κ2) is 5.58. The highest BCUT2D eigenvalue weighted by Crippen LogP contribution is 2.22. The first-order valence-electron chi connectivity index (χ1n) is 5.48. The minimum Gasteiger partial charge on any atom is -0.347 e. The normalized spacial score (nSPS) is 10.8. The van der Waals surface area contributed by atoms with E-state index in [4.69, 9.17) is 28.9 Å². The average Bonchev–Trinajstić information content (AvgIpc) is 2.71. The molecule has 1 aromatic heterocycles. The van der Waals surface area contributed by atoms with Gasteiger partial charge in [-0.15, -0.1) is 0 Å². The third-order valence-corrected chi connectivity index (χ3v) is 3.27. The summed E-state index contributed by atoms with van der Waals surface area (Å²) in [6.07, 6.45) is 2.91. The van der Waals surface area contributed by atoms with Crippen molar-refractivity contribution in [2.75, 3.05) is 6.54 Å². The SMILES string of the molecule is NCCc1cccn1Cc1ccc(Cl)cc1Cl. The Bertz CT molecular complexity index is 506. The Morgan fingerprint density at radius 3 is 2.71 bits per heavy atom. The highest BCUT2D eigenvalue weighted by atomic mass is 35.5. The zero-order valence-corrected chi connectivity index (χ0v) is 10.9. The van der Waals surface area contributed by atoms with Crippen LogP contribution in [0.4, 0.5) is 0 Å². The molecule has 0 spiro atoms. The molecule has 0 fully saturated rings. The first-order chi connectivity index (χ1) is 8.20. The second-order valence-corrected chi connectivity index (χ2v) is 4.75. The summed E-state index contributed by atoms with van der Waals surface area (Å²) in [5.41, 5.74) is 7.86. The van der Waals surface area contributed by atoms with E-state index >= 15 is 0 Å². The van der Waals surface area contributed by atoms with Crippen molar-refractivity contribution in [3.05, 3.63) is 57.8 Å². The average molecular weight is 269 g/mol. The van der Waals surface area contributed by atoms with Gasteiger partial charge in [0.2, 0.25) is 0 Å². The van der Waals surface area contributed by atoms with Crippen molar-refractivity contribution in [2.24, 2.45) is 5.73 Å². The molecule has 0 bridgehead atoms. The number of rotatable bonds is 4. The molecule has 2 nitrogen and oxygen atoms in total. The van der Waals surface area contributed by atoms with Crippen LogP contribution in [0.3, 0.4) is 0 Å². The maximum absolute atomic E-state index is 6.15. The largest absolute Gasteiger partial charge is 0.347 e. The first kappa shape index (κ1) is 12.5. The van der Waals surface area contributed by atoms with Crippen molar-refractivity contribution in [1.29, 1.82) is 0 Å². The van der Waals surface area contributed by atoms with Gasteiger partial charge in [-0.2, -0.15) is 0 Å². The predicted octanol–water partition coefficient (Wildman–Crippen LogP) is 3.34. The number of aromatic nitrogens is 1. The maximum atomic E-state index is 6.15. The number of hydrogen-bond donors (Lipinski definition) is 1. The molecule has 2 aromatic rings. The monoisotopic (exact) mass is 268 g/mol. The van der Waals surface area contributed by atoms with Gasteiger partial charge < -0.3 is 10.3 Å². The lowest BCUT2D eigenvalue weighted by molar-refractivity contribution is 0.736. The fraction of sp³-hybridized carbons (Fsp3) is 0.231. The molecular formula is C13H14Cl2N2. The molecule has 1 aromatic carbocycles. The molecule has 0 aliphatic carbocycles. The van der Waals surface area contributed by atoms with E-state index in [-0.39, 0.29) is 0 Å². The van der Waals surface area contributed by atoms with Crippen LogP contribution in [-0.2, 0) is 13.0 Å². The summed E-state index contributed by atoms with van der Waals surface area (Å²) in [7, 11) is 0. The van der Waals surface area contributed by atoms with Crippen LogP contribution in [0, 0.1) is 0 Å². The quantitative estimate of drug-likeness (QED) is 0.906. The van der Waals surface area contributed by atoms with Crippen LogP contribution in [0.15, 0.2) is 36.5 Å². The number of benzene rings is 1. The Morgan fingerprint density at radius 2 is 2.00 bits per heavy atom. The summed E-state index contributed by atoms with van der Waals surface area (Å²) in [5, 5.41) is 1.36. The highest BCUT2D eigenvalue weighted by Gasteiger charge is 2.05. The van der Waals surface area contributed by atoms with Crippen LogP contribution < -0.4 is 5.73 Å². The van der Waals surface area contributed by atoms with Crippen LogP contribution in [-0.4, -0.2) is 11.1 Å². The molecule has 2 N–H and O–H groups in total. The summed E-state index contributed by atoms with van der Waals surface area (Å²) < 4.78 is 2.15. The number of hydrogen-bond acceptors (Lipinski definition) is 1. The topological polar surface area (TPSA) is 30.9 Å². The molecule has 0 radical (unpaired) electrons. The molecule has 0 atom stereocenters. The zero-order valence-electron chi connectivity index (χ0n) is 9.37. The third-order valence-electron chi connectivity index (χ3n) is 2.68. The van der Waals surface area contributed by atoms with Gasteiger partial charge in [0, 0.05) is 28.5 Å². The number of nitrogens with two attached hydrogens (primary N) is 1. The van der Waals surface area contributed by atoms with Gasteiger partial charge in [0.25, 0.3) is 0 Å². The van der Waals surface area contributed by atoms with Crippen LogP contribution in [0.2, 0.25) is 10.0 Å². The maximum Gasteiger partial charge on any atom is 0.0487 e. The summed E-state index contributed by atoms with van der Waals surface area (Å²) in [4.78, 5) is 0. The van der Waals surface area contributed by atoms with Gasteiger partial charge in [-0.25, -0.2) is 0 Å². The lowest BCUT2D eigenvalue weighted by atomic mass is 10.2. The molecule has 90 valence electrons. The summed E-state index contributed by atoms with van der Waals surface area (Å²) in [6.45, 7) is 1.40. The molecule has 0 amide bonds. The van der Waals surface area contributed by atoms with Crippen molar-refractivity contribution >= 4 is 23.2 Å². The smallest absolute Gasteiger partial charge is 0.0487 e. The Kier molecular flexibility index (Phi) is 4.11. The summed E-state index contributed by atoms with van der Waals surface area (Å²) >= 11 is 12.0. The molecule has 0 saturated heterocycles. The van der Waals surface area contributed by atoms with Crippen molar-refractivity contribution in [3.63, 3.8) is 0 Å². The van der Waals surface area contributed by atoms with Gasteiger partial charge >= 0.3 is 0 Å². The lowest BCUT2D eigenvalue weighted by Crippen LogP contribution is -2.09. The molecule has 4 heteroatoms. The minimum atomic E-state index is 0.651. The summed E-state index contributed by atoms with van der Waals surface area (Å²) in [5.74, 6) is 0. The van der Waals surface area contributed by atoms with Crippen LogP contribution in [0.25, 0.3) is 0 Å². The van der Waals surface area contributed by atoms with E-state index in [1.807, 2.05) is 24.4 Å². The Hall–Kier alpha value is -0.960. The van der Waals surface area contributed by atoms with Gasteiger partial charge in [0.15, 0.2) is 0 Å². The Labute approximate surface area is 111 Å². The predicted molar refractivity (Wildman–Crippen MR) is 72.8 cm³/mol. The van der Waals surface area contributed by atoms with E-state index in [0.29, 0.717) is 16.6 Å². The zero-order chi connectivity index (χ0) is 12.3. The standard InChI is InChI=1S/C13H14Cl2N2/c14-11-4-3-10(13(15)8-11)9-17-7-1-2-12(17)5-6-16/h1-4,7-8H,5-6,9,16H2. The van der Waals surface area contributed by atoms with Crippen LogP contribution >= 0.6 is 23.2 Å². The van der Waals surface area contributed by atoms with Crippen molar-refractivity contribution in [1.82, 2.24) is 4.57 Å². The molecular weight excluding hydrogens is 255 g/mol. The molecule has 2 rings (SSSR count). The van der Waals surface area contributed by atoms with Gasteiger partial charge in [0.1, 0.15) is 0 Å². The van der Waals surface area contributed by atoms with Gasteiger partial charge in [0.05, 0.1) is 0 Å². The van der Waals surface area contributed by atoms with Crippen molar-refractivity contribution in [3.8, 4) is 0 Å². The van der Waals surface area contributed by atoms with E-state index in [0.717, 1.165) is 18.5 Å². The molecule has 17 heavy (non-hydrogen) atoms. The van der Waals surface area contributed by atoms with Gasteiger partial charge in [-0.1, -0.05) is 29.3 Å². The van der Waals surface area contributed by atoms with E-state index in [1.165, 1.54) is 5.69 Å². The minimum absolute atomic E-state index is 0.651. The Balaban J connectivity index is 2.22. The fourth-order valence-electron chi connectivity index (χ4n) is 1.81. The number of halogens is 2. The Morgan fingerprint density at radius 1 is 1.18 bits per heavy atom. The van der Waals surface area contributed by atoms with Crippen LogP contribution in [0.1, 0.15) is 11.3 Å². The first-order valence-corrected chi connectivity index (χ1v) is 6.24. The molecule has 0 saturated carbocycles. The fourth-order valence-corrected chi connectivity index (χ4v) is 2.28.